The van der Waals surface area contributed by atoms with Gasteiger partial charge in [-0.05, 0) is 17.7 Å². The van der Waals surface area contributed by atoms with Crippen LogP contribution in [-0.4, -0.2) is 5.11 Å². The van der Waals surface area contributed by atoms with Gasteiger partial charge in [-0.15, -0.1) is 0 Å². The average molecular weight is 296 g/mol. The summed E-state index contributed by atoms with van der Waals surface area (Å²) in [5, 5.41) is 9.00. The van der Waals surface area contributed by atoms with E-state index in [4.69, 9.17) is 5.11 Å². The van der Waals surface area contributed by atoms with Gasteiger partial charge in [0.05, 0.1) is 5.56 Å². The maximum absolute atomic E-state index is 13.4. The smallest absolute Gasteiger partial charge is 0.200 e. The Morgan fingerprint density at radius 1 is 0.600 bits per heavy atom. The van der Waals surface area contributed by atoms with Gasteiger partial charge in [-0.2, -0.15) is 4.39 Å². The molecule has 0 aromatic heterocycles. The minimum atomic E-state index is -2.38. The van der Waals surface area contributed by atoms with Gasteiger partial charge >= 0.3 is 0 Å². The van der Waals surface area contributed by atoms with Crippen molar-refractivity contribution in [1.29, 1.82) is 0 Å². The van der Waals surface area contributed by atoms with Crippen LogP contribution in [0.25, 0.3) is 11.1 Å². The van der Waals surface area contributed by atoms with Crippen LogP contribution in [0.2, 0.25) is 0 Å². The maximum atomic E-state index is 13.4. The second kappa shape index (κ2) is 4.69. The molecule has 0 unspecified atom stereocenters. The molecule has 8 heteroatoms. The third-order valence-electron chi connectivity index (χ3n) is 2.51. The van der Waals surface area contributed by atoms with Crippen LogP contribution < -0.4 is 0 Å². The van der Waals surface area contributed by atoms with E-state index in [-0.39, 0.29) is 6.07 Å². The summed E-state index contributed by atoms with van der Waals surface area (Å²) >= 11 is 0. The number of halogens is 7. The van der Waals surface area contributed by atoms with Crippen LogP contribution in [-0.2, 0) is 0 Å². The molecule has 0 atom stereocenters. The van der Waals surface area contributed by atoms with Gasteiger partial charge in [0, 0.05) is 0 Å². The summed E-state index contributed by atoms with van der Waals surface area (Å²) in [6.45, 7) is 0. The number of benzene rings is 2. The van der Waals surface area contributed by atoms with Crippen molar-refractivity contribution in [3.63, 3.8) is 0 Å². The normalized spacial score (nSPS) is 10.9. The van der Waals surface area contributed by atoms with Crippen molar-refractivity contribution < 1.29 is 35.8 Å². The van der Waals surface area contributed by atoms with Gasteiger partial charge < -0.3 is 5.11 Å². The predicted octanol–water partition coefficient (Wildman–Crippen LogP) is 4.03. The molecule has 0 heterocycles. The molecule has 0 fully saturated rings. The Kier molecular flexibility index (Phi) is 3.33. The van der Waals surface area contributed by atoms with Crippen molar-refractivity contribution >= 4 is 0 Å². The molecule has 0 bridgehead atoms. The first-order chi connectivity index (χ1) is 9.25. The molecule has 0 spiro atoms. The number of phenols is 1. The summed E-state index contributed by atoms with van der Waals surface area (Å²) in [5.74, 6) is -16.0. The monoisotopic (exact) mass is 296 g/mol. The molecule has 2 aromatic carbocycles. The van der Waals surface area contributed by atoms with E-state index < -0.39 is 57.6 Å². The number of aromatic hydroxyl groups is 1. The highest BCUT2D eigenvalue weighted by atomic mass is 19.2. The first-order valence-electron chi connectivity index (χ1n) is 4.95. The summed E-state index contributed by atoms with van der Waals surface area (Å²) in [7, 11) is 0. The third-order valence-corrected chi connectivity index (χ3v) is 2.51. The molecule has 0 aliphatic heterocycles. The van der Waals surface area contributed by atoms with Crippen molar-refractivity contribution in [3.8, 4) is 16.9 Å². The van der Waals surface area contributed by atoms with Crippen molar-refractivity contribution in [1.82, 2.24) is 0 Å². The molecule has 106 valence electrons. The van der Waals surface area contributed by atoms with E-state index in [1.807, 2.05) is 0 Å². The van der Waals surface area contributed by atoms with Crippen molar-refractivity contribution in [3.05, 3.63) is 52.9 Å². The summed E-state index contributed by atoms with van der Waals surface area (Å²) in [6.07, 6.45) is 0. The molecule has 0 saturated carbocycles. The topological polar surface area (TPSA) is 20.2 Å². The summed E-state index contributed by atoms with van der Waals surface area (Å²) < 4.78 is 91.5. The van der Waals surface area contributed by atoms with E-state index in [2.05, 4.69) is 0 Å². The van der Waals surface area contributed by atoms with Crippen LogP contribution >= 0.6 is 0 Å². The summed E-state index contributed by atoms with van der Waals surface area (Å²) in [4.78, 5) is 0. The van der Waals surface area contributed by atoms with Crippen molar-refractivity contribution in [2.45, 2.75) is 0 Å². The minimum absolute atomic E-state index is 0.202. The Balaban J connectivity index is 2.83. The fourth-order valence-electron chi connectivity index (χ4n) is 1.58. The van der Waals surface area contributed by atoms with Gasteiger partial charge in [0.2, 0.25) is 5.82 Å². The molecule has 0 aliphatic rings. The summed E-state index contributed by atoms with van der Waals surface area (Å²) in [5.41, 5.74) is -2.36. The fourth-order valence-corrected chi connectivity index (χ4v) is 1.58. The molecule has 1 N–H and O–H groups in total. The van der Waals surface area contributed by atoms with Crippen molar-refractivity contribution in [2.24, 2.45) is 0 Å². The molecule has 1 nitrogen and oxygen atoms in total. The standard InChI is InChI=1S/C12H3F7O/c13-4-1-3(2-5(20)7(4)14)6-8(15)10(17)12(19)11(18)9(6)16/h1-2,20H. The zero-order chi connectivity index (χ0) is 15.2. The molecular weight excluding hydrogens is 293 g/mol. The van der Waals surface area contributed by atoms with Gasteiger partial charge in [0.15, 0.2) is 40.7 Å². The third kappa shape index (κ3) is 1.97. The van der Waals surface area contributed by atoms with Crippen LogP contribution in [0, 0.1) is 40.7 Å². The molecule has 0 radical (unpaired) electrons. The molecule has 0 saturated heterocycles. The van der Waals surface area contributed by atoms with Crippen LogP contribution in [0.1, 0.15) is 0 Å². The zero-order valence-corrected chi connectivity index (χ0v) is 9.25. The molecule has 2 aromatic rings. The Labute approximate surface area is 106 Å². The highest BCUT2D eigenvalue weighted by Crippen LogP contribution is 2.34. The van der Waals surface area contributed by atoms with Gasteiger partial charge in [-0.25, -0.2) is 26.3 Å². The number of phenolic OH excluding ortho intramolecular Hbond substituents is 1. The van der Waals surface area contributed by atoms with E-state index in [0.717, 1.165) is 0 Å². The molecule has 0 amide bonds. The Morgan fingerprint density at radius 2 is 1.05 bits per heavy atom. The number of rotatable bonds is 1. The minimum Gasteiger partial charge on any atom is -0.505 e. The second-order valence-corrected chi connectivity index (χ2v) is 3.74. The quantitative estimate of drug-likeness (QED) is 0.478. The van der Waals surface area contributed by atoms with E-state index in [1.54, 1.807) is 0 Å². The highest BCUT2D eigenvalue weighted by molar-refractivity contribution is 5.67. The lowest BCUT2D eigenvalue weighted by atomic mass is 10.0. The Hall–Kier alpha value is -2.25. The van der Waals surface area contributed by atoms with Crippen LogP contribution in [0.5, 0.6) is 5.75 Å². The molecule has 0 aliphatic carbocycles. The van der Waals surface area contributed by atoms with Crippen LogP contribution in [0.4, 0.5) is 30.7 Å². The SMILES string of the molecule is Oc1cc(-c2c(F)c(F)c(F)c(F)c2F)cc(F)c1F. The Bertz CT molecular complexity index is 659. The number of hydrogen-bond donors (Lipinski definition) is 1. The Morgan fingerprint density at radius 3 is 1.50 bits per heavy atom. The van der Waals surface area contributed by atoms with Crippen LogP contribution in [0.3, 0.4) is 0 Å². The lowest BCUT2D eigenvalue weighted by Gasteiger charge is -2.09. The lowest BCUT2D eigenvalue weighted by molar-refractivity contribution is 0.380. The fraction of sp³-hybridized carbons (Fsp3) is 0. The molecule has 2 rings (SSSR count). The van der Waals surface area contributed by atoms with Gasteiger partial charge in [0.1, 0.15) is 0 Å². The predicted molar refractivity (Wildman–Crippen MR) is 53.2 cm³/mol. The zero-order valence-electron chi connectivity index (χ0n) is 9.25. The largest absolute Gasteiger partial charge is 0.505 e. The van der Waals surface area contributed by atoms with Crippen LogP contribution in [0.15, 0.2) is 12.1 Å². The van der Waals surface area contributed by atoms with E-state index in [9.17, 15) is 30.7 Å². The average Bonchev–Trinajstić information content (AvgIpc) is 2.40. The van der Waals surface area contributed by atoms with Gasteiger partial charge in [-0.1, -0.05) is 0 Å². The van der Waals surface area contributed by atoms with E-state index in [1.165, 1.54) is 0 Å². The lowest BCUT2D eigenvalue weighted by Crippen LogP contribution is -2.04. The second-order valence-electron chi connectivity index (χ2n) is 3.74. The van der Waals surface area contributed by atoms with E-state index >= 15 is 0 Å². The first kappa shape index (κ1) is 14.2. The maximum Gasteiger partial charge on any atom is 0.200 e. The number of hydrogen-bond acceptors (Lipinski definition) is 1. The molecular formula is C12H3F7O. The van der Waals surface area contributed by atoms with Gasteiger partial charge in [-0.3, -0.25) is 0 Å². The summed E-state index contributed by atoms with van der Waals surface area (Å²) in [6, 6.07) is 0.546. The highest BCUT2D eigenvalue weighted by Gasteiger charge is 2.27. The molecule has 20 heavy (non-hydrogen) atoms. The van der Waals surface area contributed by atoms with Gasteiger partial charge in [0.25, 0.3) is 0 Å². The van der Waals surface area contributed by atoms with E-state index in [0.29, 0.717) is 6.07 Å². The first-order valence-corrected chi connectivity index (χ1v) is 4.95. The van der Waals surface area contributed by atoms with Crippen molar-refractivity contribution in [2.75, 3.05) is 0 Å².